The number of nitrogens with zero attached hydrogens (tertiary/aromatic N) is 2. The molecule has 2 heterocycles. The molecular weight excluding hydrogens is 399 g/mol. The summed E-state index contributed by atoms with van der Waals surface area (Å²) < 4.78 is 19.3. The molecule has 2 N–H and O–H groups in total. The third-order valence-electron chi connectivity index (χ3n) is 4.66. The van der Waals surface area contributed by atoms with Crippen LogP contribution >= 0.6 is 0 Å². The van der Waals surface area contributed by atoms with E-state index in [4.69, 9.17) is 4.42 Å². The maximum Gasteiger partial charge on any atom is 0.251 e. The maximum atomic E-state index is 14.0. The van der Waals surface area contributed by atoms with Gasteiger partial charge in [-0.1, -0.05) is 0 Å². The molecule has 3 rings (SSSR count). The summed E-state index contributed by atoms with van der Waals surface area (Å²) in [5, 5.41) is 6.10. The lowest BCUT2D eigenvalue weighted by atomic mass is 10.0. The van der Waals surface area contributed by atoms with Crippen molar-refractivity contribution < 1.29 is 18.4 Å². The topological polar surface area (TPSA) is 97.1 Å². The van der Waals surface area contributed by atoms with Crippen molar-refractivity contribution in [2.75, 3.05) is 13.1 Å². The van der Waals surface area contributed by atoms with Crippen molar-refractivity contribution in [3.63, 3.8) is 0 Å². The molecule has 0 saturated carbocycles. The fourth-order valence-electron chi connectivity index (χ4n) is 3.00. The highest BCUT2D eigenvalue weighted by molar-refractivity contribution is 5.97. The van der Waals surface area contributed by atoms with Crippen LogP contribution in [0.5, 0.6) is 0 Å². The lowest BCUT2D eigenvalue weighted by Crippen LogP contribution is -2.27. The number of nitrogens with one attached hydrogen (secondary N) is 2. The van der Waals surface area contributed by atoms with E-state index in [1.54, 1.807) is 24.4 Å². The molecule has 0 aliphatic rings. The number of halogens is 1. The molecule has 0 aliphatic heterocycles. The van der Waals surface area contributed by atoms with Crippen LogP contribution in [0.3, 0.4) is 0 Å². The molecule has 3 aromatic rings. The zero-order chi connectivity index (χ0) is 22.3. The van der Waals surface area contributed by atoms with Crippen molar-refractivity contribution in [1.29, 1.82) is 0 Å². The van der Waals surface area contributed by atoms with Gasteiger partial charge < -0.3 is 15.1 Å². The van der Waals surface area contributed by atoms with Gasteiger partial charge in [0, 0.05) is 47.7 Å². The first-order valence-corrected chi connectivity index (χ1v) is 9.99. The number of carbonyl (C=O) groups excluding carboxylic acids is 2. The molecule has 1 amide bonds. The molecule has 0 radical (unpaired) electrons. The Morgan fingerprint density at radius 3 is 2.74 bits per heavy atom. The molecule has 0 bridgehead atoms. The largest absolute Gasteiger partial charge is 0.445 e. The van der Waals surface area contributed by atoms with Crippen molar-refractivity contribution in [3.8, 4) is 11.5 Å². The van der Waals surface area contributed by atoms with Crippen molar-refractivity contribution in [2.24, 2.45) is 0 Å². The molecule has 0 aliphatic carbocycles. The summed E-state index contributed by atoms with van der Waals surface area (Å²) in [6, 6.07) is 6.58. The Morgan fingerprint density at radius 2 is 2.03 bits per heavy atom. The smallest absolute Gasteiger partial charge is 0.251 e. The van der Waals surface area contributed by atoms with Gasteiger partial charge in [0.25, 0.3) is 5.91 Å². The quantitative estimate of drug-likeness (QED) is 0.381. The first kappa shape index (κ1) is 22.3. The lowest BCUT2D eigenvalue weighted by molar-refractivity contribution is 0.0953. The number of benzene rings is 1. The van der Waals surface area contributed by atoms with E-state index in [0.29, 0.717) is 60.5 Å². The first-order valence-electron chi connectivity index (χ1n) is 9.99. The molecule has 0 atom stereocenters. The molecule has 2 aromatic heterocycles. The standard InChI is InChI=1S/C23H25FN4O3/c1-23(2,24)20-10-17(13-26-14-20)12-25-4-3-5-27-21(30)18-8-16(15-29)9-19(11-18)22-28-6-7-31-22/h6-11,13-15,25H,3-5,12H2,1-2H3,(H,27,30). The van der Waals surface area contributed by atoms with Gasteiger partial charge in [-0.05, 0) is 56.6 Å². The number of oxazole rings is 1. The maximum absolute atomic E-state index is 14.0. The van der Waals surface area contributed by atoms with Crippen molar-refractivity contribution in [1.82, 2.24) is 20.6 Å². The third kappa shape index (κ3) is 6.29. The zero-order valence-electron chi connectivity index (χ0n) is 17.5. The van der Waals surface area contributed by atoms with Gasteiger partial charge in [-0.3, -0.25) is 14.6 Å². The second-order valence-electron chi connectivity index (χ2n) is 7.64. The average molecular weight is 424 g/mol. The van der Waals surface area contributed by atoms with Gasteiger partial charge >= 0.3 is 0 Å². The highest BCUT2D eigenvalue weighted by Crippen LogP contribution is 2.24. The highest BCUT2D eigenvalue weighted by Gasteiger charge is 2.19. The molecule has 0 spiro atoms. The summed E-state index contributed by atoms with van der Waals surface area (Å²) >= 11 is 0. The first-order chi connectivity index (χ1) is 14.9. The van der Waals surface area contributed by atoms with Crippen molar-refractivity contribution >= 4 is 12.2 Å². The molecule has 8 heteroatoms. The minimum absolute atomic E-state index is 0.279. The molecule has 0 unspecified atom stereocenters. The summed E-state index contributed by atoms with van der Waals surface area (Å²) in [5.41, 5.74) is 1.31. The second-order valence-corrected chi connectivity index (χ2v) is 7.64. The van der Waals surface area contributed by atoms with E-state index in [2.05, 4.69) is 20.6 Å². The molecule has 31 heavy (non-hydrogen) atoms. The van der Waals surface area contributed by atoms with Crippen LogP contribution in [0.25, 0.3) is 11.5 Å². The number of hydrogen-bond donors (Lipinski definition) is 2. The van der Waals surface area contributed by atoms with E-state index < -0.39 is 5.67 Å². The fraction of sp³-hybridized carbons (Fsp3) is 0.304. The molecule has 0 fully saturated rings. The van der Waals surface area contributed by atoms with Crippen LogP contribution in [0.15, 0.2) is 53.5 Å². The summed E-state index contributed by atoms with van der Waals surface area (Å²) in [4.78, 5) is 31.8. The molecule has 0 saturated heterocycles. The second kappa shape index (κ2) is 10.1. The summed E-state index contributed by atoms with van der Waals surface area (Å²) in [6.45, 7) is 4.69. The van der Waals surface area contributed by atoms with E-state index in [0.717, 1.165) is 5.56 Å². The van der Waals surface area contributed by atoms with Gasteiger partial charge in [0.2, 0.25) is 5.89 Å². The van der Waals surface area contributed by atoms with Crippen molar-refractivity contribution in [2.45, 2.75) is 32.5 Å². The summed E-state index contributed by atoms with van der Waals surface area (Å²) in [6.07, 6.45) is 7.55. The van der Waals surface area contributed by atoms with Gasteiger partial charge in [-0.2, -0.15) is 0 Å². The number of rotatable bonds is 10. The Balaban J connectivity index is 1.47. The number of aldehydes is 1. The average Bonchev–Trinajstić information content (AvgIpc) is 3.30. The van der Waals surface area contributed by atoms with Crippen LogP contribution in [0.1, 0.15) is 52.1 Å². The van der Waals surface area contributed by atoms with Gasteiger partial charge in [-0.15, -0.1) is 0 Å². The fourth-order valence-corrected chi connectivity index (χ4v) is 3.00. The van der Waals surface area contributed by atoms with Gasteiger partial charge in [0.1, 0.15) is 18.2 Å². The Hall–Kier alpha value is -3.39. The van der Waals surface area contributed by atoms with Crippen LogP contribution in [0.4, 0.5) is 4.39 Å². The van der Waals surface area contributed by atoms with Crippen LogP contribution in [-0.4, -0.2) is 35.3 Å². The Labute approximate surface area is 180 Å². The van der Waals surface area contributed by atoms with Crippen LogP contribution in [0.2, 0.25) is 0 Å². The Morgan fingerprint density at radius 1 is 1.19 bits per heavy atom. The van der Waals surface area contributed by atoms with Crippen LogP contribution in [0, 0.1) is 0 Å². The van der Waals surface area contributed by atoms with Crippen LogP contribution < -0.4 is 10.6 Å². The van der Waals surface area contributed by atoms with Gasteiger partial charge in [0.05, 0.1) is 6.20 Å². The number of alkyl halides is 1. The minimum Gasteiger partial charge on any atom is -0.445 e. The lowest BCUT2D eigenvalue weighted by Gasteiger charge is -2.15. The normalized spacial score (nSPS) is 11.3. The Bertz CT molecular complexity index is 1030. The number of hydrogen-bond acceptors (Lipinski definition) is 6. The molecular formula is C23H25FN4O3. The number of amides is 1. The predicted octanol–water partition coefficient (Wildman–Crippen LogP) is 3.66. The van der Waals surface area contributed by atoms with Crippen LogP contribution in [-0.2, 0) is 12.2 Å². The number of pyridine rings is 1. The van der Waals surface area contributed by atoms with Crippen molar-refractivity contribution in [3.05, 3.63) is 71.4 Å². The minimum atomic E-state index is -1.43. The number of carbonyl (C=O) groups is 2. The zero-order valence-corrected chi connectivity index (χ0v) is 17.5. The monoisotopic (exact) mass is 424 g/mol. The van der Waals surface area contributed by atoms with E-state index in [1.165, 1.54) is 38.6 Å². The summed E-state index contributed by atoms with van der Waals surface area (Å²) in [5.74, 6) is 0.0650. The van der Waals surface area contributed by atoms with E-state index in [9.17, 15) is 14.0 Å². The summed E-state index contributed by atoms with van der Waals surface area (Å²) in [7, 11) is 0. The van der Waals surface area contributed by atoms with E-state index in [1.807, 2.05) is 0 Å². The molecule has 1 aromatic carbocycles. The predicted molar refractivity (Wildman–Crippen MR) is 114 cm³/mol. The van der Waals surface area contributed by atoms with Gasteiger partial charge in [0.15, 0.2) is 0 Å². The van der Waals surface area contributed by atoms with E-state index >= 15 is 0 Å². The molecule has 162 valence electrons. The highest BCUT2D eigenvalue weighted by atomic mass is 19.1. The Kier molecular flexibility index (Phi) is 7.25. The van der Waals surface area contributed by atoms with Gasteiger partial charge in [-0.25, -0.2) is 9.37 Å². The van der Waals surface area contributed by atoms with E-state index in [-0.39, 0.29) is 5.91 Å². The third-order valence-corrected chi connectivity index (χ3v) is 4.66. The molecule has 7 nitrogen and oxygen atoms in total. The SMILES string of the molecule is CC(C)(F)c1cncc(CNCCCNC(=O)c2cc(C=O)cc(-c3ncco3)c2)c1. The number of aromatic nitrogens is 2.